The Morgan fingerprint density at radius 3 is 2.85 bits per heavy atom. The van der Waals surface area contributed by atoms with Crippen molar-refractivity contribution in [3.8, 4) is 17.1 Å². The number of hydrogen-bond acceptors (Lipinski definition) is 6. The molecule has 0 aliphatic rings. The van der Waals surface area contributed by atoms with Crippen LogP contribution in [0.15, 0.2) is 59.3 Å². The Labute approximate surface area is 148 Å². The van der Waals surface area contributed by atoms with Crippen LogP contribution in [0.5, 0.6) is 5.75 Å². The summed E-state index contributed by atoms with van der Waals surface area (Å²) < 4.78 is 10.8. The summed E-state index contributed by atoms with van der Waals surface area (Å²) in [5, 5.41) is 13.6. The van der Waals surface area contributed by atoms with E-state index in [1.807, 2.05) is 6.07 Å². The van der Waals surface area contributed by atoms with Crippen molar-refractivity contribution >= 4 is 11.6 Å². The van der Waals surface area contributed by atoms with E-state index in [0.717, 1.165) is 5.56 Å². The first kappa shape index (κ1) is 17.2. The molecule has 3 aromatic rings. The molecule has 2 heterocycles. The summed E-state index contributed by atoms with van der Waals surface area (Å²) in [6.45, 7) is 0.323. The van der Waals surface area contributed by atoms with Crippen molar-refractivity contribution in [2.75, 3.05) is 7.11 Å². The van der Waals surface area contributed by atoms with Crippen LogP contribution in [0.1, 0.15) is 16.1 Å². The van der Waals surface area contributed by atoms with Gasteiger partial charge in [-0.15, -0.1) is 0 Å². The Bertz CT molecular complexity index is 937. The second kappa shape index (κ2) is 7.47. The highest BCUT2D eigenvalue weighted by Crippen LogP contribution is 2.34. The molecule has 0 unspecified atom stereocenters. The molecule has 0 aliphatic carbocycles. The SMILES string of the molecule is COc1cc([N+](=O)[O-])ccc1-c1ccc(C(=O)NCc2cccnc2)o1. The van der Waals surface area contributed by atoms with Gasteiger partial charge in [-0.3, -0.25) is 19.9 Å². The molecule has 0 bridgehead atoms. The number of nitro groups is 1. The minimum Gasteiger partial charge on any atom is -0.496 e. The van der Waals surface area contributed by atoms with Crippen LogP contribution in [0.25, 0.3) is 11.3 Å². The lowest BCUT2D eigenvalue weighted by atomic mass is 10.1. The van der Waals surface area contributed by atoms with Gasteiger partial charge in [0, 0.05) is 25.0 Å². The number of amides is 1. The second-order valence-corrected chi connectivity index (χ2v) is 5.35. The number of nitrogens with zero attached hydrogens (tertiary/aromatic N) is 2. The monoisotopic (exact) mass is 353 g/mol. The summed E-state index contributed by atoms with van der Waals surface area (Å²) >= 11 is 0. The molecule has 0 spiro atoms. The summed E-state index contributed by atoms with van der Waals surface area (Å²) in [6.07, 6.45) is 3.32. The standard InChI is InChI=1S/C18H15N3O5/c1-25-17-9-13(21(23)24)4-5-14(17)15-6-7-16(26-15)18(22)20-11-12-3-2-8-19-10-12/h2-10H,11H2,1H3,(H,20,22). The molecule has 0 radical (unpaired) electrons. The highest BCUT2D eigenvalue weighted by molar-refractivity contribution is 5.92. The minimum absolute atomic E-state index is 0.0911. The Morgan fingerprint density at radius 1 is 1.31 bits per heavy atom. The van der Waals surface area contributed by atoms with Gasteiger partial charge in [-0.25, -0.2) is 0 Å². The van der Waals surface area contributed by atoms with Gasteiger partial charge in [0.25, 0.3) is 11.6 Å². The van der Waals surface area contributed by atoms with Crippen LogP contribution in [0.3, 0.4) is 0 Å². The molecule has 2 aromatic heterocycles. The molecule has 0 fully saturated rings. The number of rotatable bonds is 6. The normalized spacial score (nSPS) is 10.3. The zero-order chi connectivity index (χ0) is 18.5. The quantitative estimate of drug-likeness (QED) is 0.539. The third-order valence-corrected chi connectivity index (χ3v) is 3.67. The van der Waals surface area contributed by atoms with E-state index in [2.05, 4.69) is 10.3 Å². The van der Waals surface area contributed by atoms with Gasteiger partial charge < -0.3 is 14.5 Å². The number of hydrogen-bond donors (Lipinski definition) is 1. The number of aromatic nitrogens is 1. The minimum atomic E-state index is -0.508. The van der Waals surface area contributed by atoms with Crippen LogP contribution >= 0.6 is 0 Å². The van der Waals surface area contributed by atoms with Crippen molar-refractivity contribution < 1.29 is 18.9 Å². The Balaban J connectivity index is 1.77. The first-order valence-corrected chi connectivity index (χ1v) is 7.68. The molecule has 0 saturated carbocycles. The number of nitro benzene ring substituents is 1. The molecule has 0 aliphatic heterocycles. The molecule has 1 aromatic carbocycles. The van der Waals surface area contributed by atoms with Crippen LogP contribution in [0, 0.1) is 10.1 Å². The van der Waals surface area contributed by atoms with Gasteiger partial charge >= 0.3 is 0 Å². The number of nitrogens with one attached hydrogen (secondary N) is 1. The number of pyridine rings is 1. The zero-order valence-electron chi connectivity index (χ0n) is 13.8. The summed E-state index contributed by atoms with van der Waals surface area (Å²) in [7, 11) is 1.41. The van der Waals surface area contributed by atoms with E-state index in [9.17, 15) is 14.9 Å². The average molecular weight is 353 g/mol. The van der Waals surface area contributed by atoms with E-state index >= 15 is 0 Å². The number of carbonyl (C=O) groups is 1. The van der Waals surface area contributed by atoms with Gasteiger partial charge in [0.05, 0.1) is 23.7 Å². The maximum atomic E-state index is 12.2. The van der Waals surface area contributed by atoms with Crippen molar-refractivity contribution in [2.24, 2.45) is 0 Å². The summed E-state index contributed by atoms with van der Waals surface area (Å²) in [6, 6.07) is 11.0. The lowest BCUT2D eigenvalue weighted by Crippen LogP contribution is -2.22. The van der Waals surface area contributed by atoms with E-state index < -0.39 is 4.92 Å². The first-order valence-electron chi connectivity index (χ1n) is 7.68. The molecule has 1 N–H and O–H groups in total. The van der Waals surface area contributed by atoms with Crippen LogP contribution in [-0.4, -0.2) is 22.9 Å². The molecule has 26 heavy (non-hydrogen) atoms. The van der Waals surface area contributed by atoms with Gasteiger partial charge in [-0.1, -0.05) is 6.07 Å². The number of methoxy groups -OCH3 is 1. The van der Waals surface area contributed by atoms with Crippen LogP contribution in [-0.2, 0) is 6.54 Å². The fourth-order valence-corrected chi connectivity index (χ4v) is 2.37. The lowest BCUT2D eigenvalue weighted by molar-refractivity contribution is -0.384. The smallest absolute Gasteiger partial charge is 0.287 e. The summed E-state index contributed by atoms with van der Waals surface area (Å²) in [5.74, 6) is 0.421. The van der Waals surface area contributed by atoms with Crippen LogP contribution in [0.2, 0.25) is 0 Å². The van der Waals surface area contributed by atoms with Crippen molar-refractivity contribution in [1.82, 2.24) is 10.3 Å². The summed E-state index contributed by atoms with van der Waals surface area (Å²) in [5.41, 5.74) is 1.29. The van der Waals surface area contributed by atoms with Gasteiger partial charge in [-0.2, -0.15) is 0 Å². The third-order valence-electron chi connectivity index (χ3n) is 3.67. The number of benzene rings is 1. The molecule has 0 saturated heterocycles. The van der Waals surface area contributed by atoms with E-state index in [-0.39, 0.29) is 23.1 Å². The Morgan fingerprint density at radius 2 is 2.15 bits per heavy atom. The number of furan rings is 1. The fourth-order valence-electron chi connectivity index (χ4n) is 2.37. The topological polar surface area (TPSA) is 108 Å². The molecule has 1 amide bonds. The van der Waals surface area contributed by atoms with Crippen molar-refractivity contribution in [1.29, 1.82) is 0 Å². The Hall–Kier alpha value is -3.68. The highest BCUT2D eigenvalue weighted by Gasteiger charge is 2.17. The number of non-ortho nitro benzene ring substituents is 1. The van der Waals surface area contributed by atoms with Gasteiger partial charge in [-0.05, 0) is 29.8 Å². The molecule has 0 atom stereocenters. The van der Waals surface area contributed by atoms with Crippen LogP contribution < -0.4 is 10.1 Å². The van der Waals surface area contributed by atoms with Gasteiger partial charge in [0.15, 0.2) is 5.76 Å². The lowest BCUT2D eigenvalue weighted by Gasteiger charge is -2.06. The zero-order valence-corrected chi connectivity index (χ0v) is 13.8. The third kappa shape index (κ3) is 3.69. The van der Waals surface area contributed by atoms with Crippen molar-refractivity contribution in [3.05, 3.63) is 76.3 Å². The molecule has 3 rings (SSSR count). The number of ether oxygens (including phenoxy) is 1. The van der Waals surface area contributed by atoms with E-state index in [1.165, 1.54) is 31.4 Å². The van der Waals surface area contributed by atoms with Crippen molar-refractivity contribution in [2.45, 2.75) is 6.54 Å². The molecule has 132 valence electrons. The Kier molecular flexibility index (Phi) is 4.93. The number of carbonyl (C=O) groups excluding carboxylic acids is 1. The predicted octanol–water partition coefficient (Wildman–Crippen LogP) is 3.19. The molecular weight excluding hydrogens is 338 g/mol. The maximum absolute atomic E-state index is 12.2. The summed E-state index contributed by atoms with van der Waals surface area (Å²) in [4.78, 5) is 26.6. The molecule has 8 heteroatoms. The van der Waals surface area contributed by atoms with Crippen molar-refractivity contribution in [3.63, 3.8) is 0 Å². The fraction of sp³-hybridized carbons (Fsp3) is 0.111. The predicted molar refractivity (Wildman–Crippen MR) is 92.8 cm³/mol. The second-order valence-electron chi connectivity index (χ2n) is 5.35. The van der Waals surface area contributed by atoms with Gasteiger partial charge in [0.1, 0.15) is 11.5 Å². The first-order chi connectivity index (χ1) is 12.6. The van der Waals surface area contributed by atoms with Gasteiger partial charge in [0.2, 0.25) is 0 Å². The maximum Gasteiger partial charge on any atom is 0.287 e. The highest BCUT2D eigenvalue weighted by atomic mass is 16.6. The van der Waals surface area contributed by atoms with E-state index in [0.29, 0.717) is 17.9 Å². The van der Waals surface area contributed by atoms with E-state index in [1.54, 1.807) is 24.5 Å². The largest absolute Gasteiger partial charge is 0.496 e. The molecule has 8 nitrogen and oxygen atoms in total. The van der Waals surface area contributed by atoms with Crippen LogP contribution in [0.4, 0.5) is 5.69 Å². The molecular formula is C18H15N3O5. The van der Waals surface area contributed by atoms with E-state index in [4.69, 9.17) is 9.15 Å². The average Bonchev–Trinajstić information content (AvgIpc) is 3.16.